The summed E-state index contributed by atoms with van der Waals surface area (Å²) >= 11 is 3.04. The molecule has 0 bridgehead atoms. The molecule has 1 aliphatic rings. The van der Waals surface area contributed by atoms with Gasteiger partial charge in [-0.25, -0.2) is 4.98 Å². The third kappa shape index (κ3) is 4.77. The van der Waals surface area contributed by atoms with Crippen molar-refractivity contribution >= 4 is 50.8 Å². The Labute approximate surface area is 177 Å². The van der Waals surface area contributed by atoms with Crippen LogP contribution < -0.4 is 11.1 Å². The van der Waals surface area contributed by atoms with Crippen LogP contribution in [0.5, 0.6) is 0 Å². The lowest BCUT2D eigenvalue weighted by Gasteiger charge is -2.22. The van der Waals surface area contributed by atoms with Gasteiger partial charge in [-0.15, -0.1) is 23.1 Å². The fourth-order valence-corrected chi connectivity index (χ4v) is 5.43. The van der Waals surface area contributed by atoms with Gasteiger partial charge >= 0.3 is 0 Å². The molecule has 1 fully saturated rings. The molecule has 1 saturated heterocycles. The van der Waals surface area contributed by atoms with Gasteiger partial charge < -0.3 is 11.1 Å². The van der Waals surface area contributed by atoms with Crippen molar-refractivity contribution < 1.29 is 9.59 Å². The highest BCUT2D eigenvalue weighted by Gasteiger charge is 2.30. The zero-order valence-corrected chi connectivity index (χ0v) is 17.5. The standard InChI is InChI=1S/C21H22N4O2S2/c22-19(26)13-28-17-9-3-1-6-14(17)23-20(27)12-25-11-5-8-16(25)21-24-15-7-2-4-10-18(15)29-21/h1-4,6-7,9-10,16H,5,8,11-13H2,(H2,22,26)(H,23,27)/t16-/m0/s1. The molecular weight excluding hydrogens is 404 g/mol. The van der Waals surface area contributed by atoms with E-state index in [0.29, 0.717) is 12.2 Å². The lowest BCUT2D eigenvalue weighted by Crippen LogP contribution is -2.33. The number of nitrogens with two attached hydrogens (primary N) is 1. The Balaban J connectivity index is 1.43. The van der Waals surface area contributed by atoms with E-state index in [1.54, 1.807) is 11.3 Å². The molecule has 3 N–H and O–H groups in total. The van der Waals surface area contributed by atoms with Crippen LogP contribution in [0.25, 0.3) is 10.2 Å². The Morgan fingerprint density at radius 3 is 2.83 bits per heavy atom. The number of para-hydroxylation sites is 2. The third-order valence-electron chi connectivity index (χ3n) is 4.84. The van der Waals surface area contributed by atoms with Gasteiger partial charge in [0.2, 0.25) is 11.8 Å². The van der Waals surface area contributed by atoms with Crippen LogP contribution in [0.2, 0.25) is 0 Å². The largest absolute Gasteiger partial charge is 0.369 e. The molecule has 150 valence electrons. The number of benzene rings is 2. The number of carbonyl (C=O) groups is 2. The molecule has 1 atom stereocenters. The van der Waals surface area contributed by atoms with Crippen LogP contribution in [-0.4, -0.2) is 40.5 Å². The Kier molecular flexibility index (Phi) is 6.13. The normalized spacial score (nSPS) is 16.9. The topological polar surface area (TPSA) is 88.3 Å². The molecule has 6 nitrogen and oxygen atoms in total. The first-order valence-electron chi connectivity index (χ1n) is 9.49. The number of hydrogen-bond donors (Lipinski definition) is 2. The highest BCUT2D eigenvalue weighted by molar-refractivity contribution is 8.00. The van der Waals surface area contributed by atoms with Gasteiger partial charge in [0.1, 0.15) is 5.01 Å². The minimum Gasteiger partial charge on any atom is -0.369 e. The molecule has 2 amide bonds. The van der Waals surface area contributed by atoms with Crippen LogP contribution in [0.1, 0.15) is 23.9 Å². The molecule has 0 spiro atoms. The number of likely N-dealkylation sites (tertiary alicyclic amines) is 1. The summed E-state index contributed by atoms with van der Waals surface area (Å²) in [5, 5.41) is 4.07. The molecular formula is C21H22N4O2S2. The predicted molar refractivity (Wildman–Crippen MR) is 118 cm³/mol. The van der Waals surface area contributed by atoms with Crippen LogP contribution in [0.3, 0.4) is 0 Å². The summed E-state index contributed by atoms with van der Waals surface area (Å²) < 4.78 is 1.18. The number of fused-ring (bicyclic) bond motifs is 1. The molecule has 0 radical (unpaired) electrons. The Morgan fingerprint density at radius 2 is 2.00 bits per heavy atom. The molecule has 4 rings (SSSR count). The van der Waals surface area contributed by atoms with Gasteiger partial charge in [-0.1, -0.05) is 24.3 Å². The summed E-state index contributed by atoms with van der Waals surface area (Å²) in [5.74, 6) is -0.268. The number of nitrogens with zero attached hydrogens (tertiary/aromatic N) is 2. The van der Waals surface area contributed by atoms with Crippen molar-refractivity contribution in [2.45, 2.75) is 23.8 Å². The minimum atomic E-state index is -0.383. The van der Waals surface area contributed by atoms with Crippen LogP contribution in [0.4, 0.5) is 5.69 Å². The number of amides is 2. The molecule has 3 aromatic rings. The summed E-state index contributed by atoms with van der Waals surface area (Å²) in [6.07, 6.45) is 2.07. The molecule has 0 unspecified atom stereocenters. The van der Waals surface area contributed by atoms with Gasteiger partial charge in [-0.05, 0) is 43.7 Å². The lowest BCUT2D eigenvalue weighted by atomic mass is 10.2. The van der Waals surface area contributed by atoms with Gasteiger partial charge in [0.15, 0.2) is 0 Å². The van der Waals surface area contributed by atoms with Crippen molar-refractivity contribution in [3.05, 3.63) is 53.5 Å². The lowest BCUT2D eigenvalue weighted by molar-refractivity contribution is -0.117. The number of thioether (sulfide) groups is 1. The van der Waals surface area contributed by atoms with Gasteiger partial charge in [-0.3, -0.25) is 14.5 Å². The van der Waals surface area contributed by atoms with Crippen LogP contribution in [0, 0.1) is 0 Å². The van der Waals surface area contributed by atoms with Gasteiger partial charge in [0, 0.05) is 4.90 Å². The molecule has 29 heavy (non-hydrogen) atoms. The van der Waals surface area contributed by atoms with Crippen molar-refractivity contribution in [1.82, 2.24) is 9.88 Å². The zero-order chi connectivity index (χ0) is 20.2. The number of hydrogen-bond acceptors (Lipinski definition) is 6. The van der Waals surface area contributed by atoms with Crippen molar-refractivity contribution in [2.24, 2.45) is 5.73 Å². The van der Waals surface area contributed by atoms with E-state index >= 15 is 0 Å². The van der Waals surface area contributed by atoms with Crippen molar-refractivity contribution in [1.29, 1.82) is 0 Å². The van der Waals surface area contributed by atoms with Crippen LogP contribution >= 0.6 is 23.1 Å². The predicted octanol–water partition coefficient (Wildman–Crippen LogP) is 3.65. The second kappa shape index (κ2) is 8.94. The summed E-state index contributed by atoms with van der Waals surface area (Å²) in [7, 11) is 0. The number of carbonyl (C=O) groups excluding carboxylic acids is 2. The number of aromatic nitrogens is 1. The van der Waals surface area contributed by atoms with Crippen molar-refractivity contribution in [2.75, 3.05) is 24.2 Å². The smallest absolute Gasteiger partial charge is 0.238 e. The SMILES string of the molecule is NC(=O)CSc1ccccc1NC(=O)CN1CCC[C@H]1c1nc2ccccc2s1. The van der Waals surface area contributed by atoms with E-state index in [4.69, 9.17) is 10.7 Å². The maximum Gasteiger partial charge on any atom is 0.238 e. The molecule has 1 aliphatic heterocycles. The number of primary amides is 1. The van der Waals surface area contributed by atoms with E-state index in [9.17, 15) is 9.59 Å². The van der Waals surface area contributed by atoms with Crippen LogP contribution in [0.15, 0.2) is 53.4 Å². The first kappa shape index (κ1) is 19.9. The van der Waals surface area contributed by atoms with Crippen molar-refractivity contribution in [3.8, 4) is 0 Å². The highest BCUT2D eigenvalue weighted by Crippen LogP contribution is 2.36. The number of nitrogens with one attached hydrogen (secondary N) is 1. The molecule has 8 heteroatoms. The highest BCUT2D eigenvalue weighted by atomic mass is 32.2. The maximum absolute atomic E-state index is 12.7. The van der Waals surface area contributed by atoms with Gasteiger partial charge in [0.25, 0.3) is 0 Å². The average Bonchev–Trinajstić information content (AvgIpc) is 3.33. The van der Waals surface area contributed by atoms with E-state index in [1.807, 2.05) is 42.5 Å². The van der Waals surface area contributed by atoms with E-state index in [-0.39, 0.29) is 23.6 Å². The number of rotatable bonds is 7. The maximum atomic E-state index is 12.7. The third-order valence-corrected chi connectivity index (χ3v) is 7.07. The number of thiazole rings is 1. The average molecular weight is 427 g/mol. The second-order valence-electron chi connectivity index (χ2n) is 6.95. The van der Waals surface area contributed by atoms with Crippen molar-refractivity contribution in [3.63, 3.8) is 0 Å². The fourth-order valence-electron chi connectivity index (χ4n) is 3.55. The first-order chi connectivity index (χ1) is 14.1. The second-order valence-corrected chi connectivity index (χ2v) is 9.03. The Bertz CT molecular complexity index is 1000. The fraction of sp³-hybridized carbons (Fsp3) is 0.286. The summed E-state index contributed by atoms with van der Waals surface area (Å²) in [6.45, 7) is 1.20. The summed E-state index contributed by atoms with van der Waals surface area (Å²) in [6, 6.07) is 15.8. The quantitative estimate of drug-likeness (QED) is 0.563. The molecule has 0 aliphatic carbocycles. The van der Waals surface area contributed by atoms with E-state index < -0.39 is 0 Å². The van der Waals surface area contributed by atoms with Gasteiger partial charge in [0.05, 0.1) is 34.2 Å². The van der Waals surface area contributed by atoms with Gasteiger partial charge in [-0.2, -0.15) is 0 Å². The van der Waals surface area contributed by atoms with Crippen LogP contribution in [-0.2, 0) is 9.59 Å². The summed E-state index contributed by atoms with van der Waals surface area (Å²) in [5.41, 5.74) is 6.97. The monoisotopic (exact) mass is 426 g/mol. The molecule has 1 aromatic heterocycles. The summed E-state index contributed by atoms with van der Waals surface area (Å²) in [4.78, 5) is 31.6. The van der Waals surface area contributed by atoms with E-state index in [1.165, 1.54) is 16.5 Å². The minimum absolute atomic E-state index is 0.0647. The Hall–Kier alpha value is -2.42. The van der Waals surface area contributed by atoms with E-state index in [2.05, 4.69) is 16.3 Å². The molecule has 0 saturated carbocycles. The zero-order valence-electron chi connectivity index (χ0n) is 15.8. The van der Waals surface area contributed by atoms with E-state index in [0.717, 1.165) is 34.8 Å². The Morgan fingerprint density at radius 1 is 1.21 bits per heavy atom. The molecule has 2 heterocycles. The number of anilines is 1. The molecule has 2 aromatic carbocycles. The first-order valence-corrected chi connectivity index (χ1v) is 11.3.